The molecule has 1 fully saturated rings. The van der Waals surface area contributed by atoms with Crippen LogP contribution in [0.15, 0.2) is 22.9 Å². The smallest absolute Gasteiger partial charge is 0.253 e. The lowest BCUT2D eigenvalue weighted by atomic mass is 10.2. The molecule has 2 aromatic heterocycles. The van der Waals surface area contributed by atoms with Crippen molar-refractivity contribution >= 4 is 11.7 Å². The molecule has 0 aromatic carbocycles. The van der Waals surface area contributed by atoms with E-state index >= 15 is 0 Å². The highest BCUT2D eigenvalue weighted by molar-refractivity contribution is 5.93. The van der Waals surface area contributed by atoms with Gasteiger partial charge in [0.2, 0.25) is 5.89 Å². The Labute approximate surface area is 158 Å². The molecule has 3 heterocycles. The number of amides is 1. The number of nitrogens with one attached hydrogen (secondary N) is 1. The van der Waals surface area contributed by atoms with Gasteiger partial charge in [0.1, 0.15) is 5.82 Å². The van der Waals surface area contributed by atoms with Crippen molar-refractivity contribution in [1.82, 2.24) is 20.4 Å². The van der Waals surface area contributed by atoms with Gasteiger partial charge in [0.15, 0.2) is 5.82 Å². The van der Waals surface area contributed by atoms with E-state index in [-0.39, 0.29) is 24.5 Å². The van der Waals surface area contributed by atoms with Crippen molar-refractivity contribution in [2.45, 2.75) is 38.8 Å². The van der Waals surface area contributed by atoms with Crippen molar-refractivity contribution in [3.63, 3.8) is 0 Å². The van der Waals surface area contributed by atoms with Gasteiger partial charge in [-0.25, -0.2) is 4.98 Å². The number of hydrogen-bond acceptors (Lipinski definition) is 8. The largest absolute Gasteiger partial charge is 0.374 e. The average Bonchev–Trinajstić information content (AvgIpc) is 3.16. The molecule has 1 saturated heterocycles. The number of pyridine rings is 1. The number of carbonyl (C=O) groups excluding carboxylic acids is 1. The van der Waals surface area contributed by atoms with Crippen LogP contribution in [-0.2, 0) is 11.3 Å². The summed E-state index contributed by atoms with van der Waals surface area (Å²) in [5.41, 5.74) is 6.09. The van der Waals surface area contributed by atoms with Gasteiger partial charge in [0.05, 0.1) is 24.8 Å². The molecule has 3 N–H and O–H groups in total. The Hall–Kier alpha value is -2.52. The molecule has 9 heteroatoms. The maximum Gasteiger partial charge on any atom is 0.253 e. The van der Waals surface area contributed by atoms with Crippen molar-refractivity contribution in [3.05, 3.63) is 35.6 Å². The van der Waals surface area contributed by atoms with Crippen LogP contribution in [0.25, 0.3) is 0 Å². The van der Waals surface area contributed by atoms with Gasteiger partial charge in [0, 0.05) is 25.2 Å². The number of nitrogens with zero attached hydrogens (tertiary/aromatic N) is 4. The first-order chi connectivity index (χ1) is 13.1. The summed E-state index contributed by atoms with van der Waals surface area (Å²) in [5.74, 6) is 1.77. The zero-order valence-electron chi connectivity index (χ0n) is 15.7. The van der Waals surface area contributed by atoms with Crippen molar-refractivity contribution in [2.24, 2.45) is 5.73 Å². The first-order valence-corrected chi connectivity index (χ1v) is 9.20. The Morgan fingerprint density at radius 1 is 1.44 bits per heavy atom. The zero-order valence-corrected chi connectivity index (χ0v) is 15.7. The second-order valence-corrected chi connectivity index (χ2v) is 6.81. The fourth-order valence-electron chi connectivity index (χ4n) is 2.83. The number of hydrogen-bond donors (Lipinski definition) is 2. The van der Waals surface area contributed by atoms with E-state index in [1.807, 2.05) is 19.9 Å². The van der Waals surface area contributed by atoms with E-state index in [1.54, 1.807) is 12.3 Å². The lowest BCUT2D eigenvalue weighted by Gasteiger charge is -2.33. The monoisotopic (exact) mass is 374 g/mol. The molecule has 0 saturated carbocycles. The summed E-state index contributed by atoms with van der Waals surface area (Å²) in [6.45, 7) is 6.93. The molecule has 0 spiro atoms. The highest BCUT2D eigenvalue weighted by atomic mass is 16.5. The van der Waals surface area contributed by atoms with Crippen LogP contribution in [0.4, 0.5) is 5.82 Å². The van der Waals surface area contributed by atoms with E-state index in [9.17, 15) is 4.79 Å². The van der Waals surface area contributed by atoms with Gasteiger partial charge in [-0.15, -0.1) is 0 Å². The molecule has 0 aliphatic carbocycles. The van der Waals surface area contributed by atoms with Crippen LogP contribution in [0.5, 0.6) is 0 Å². The number of nitrogens with two attached hydrogens (primary N) is 1. The molecule has 1 aliphatic heterocycles. The number of anilines is 1. The standard InChI is InChI=1S/C18H26N6O3/c1-12(2)18-22-15(23-27-18)10-21-17(25)13-3-4-16(20-9-13)24-7-8-26-14(11-24)5-6-19/h3-4,9,12,14H,5-8,10-11,19H2,1-2H3,(H,21,25). The minimum atomic E-state index is -0.229. The summed E-state index contributed by atoms with van der Waals surface area (Å²) < 4.78 is 10.8. The van der Waals surface area contributed by atoms with Crippen molar-refractivity contribution < 1.29 is 14.1 Å². The summed E-state index contributed by atoms with van der Waals surface area (Å²) >= 11 is 0. The van der Waals surface area contributed by atoms with Gasteiger partial charge >= 0.3 is 0 Å². The molecule has 1 amide bonds. The van der Waals surface area contributed by atoms with E-state index in [0.29, 0.717) is 30.4 Å². The van der Waals surface area contributed by atoms with Gasteiger partial charge in [-0.05, 0) is 25.1 Å². The number of carbonyl (C=O) groups is 1. The van der Waals surface area contributed by atoms with Crippen LogP contribution < -0.4 is 16.0 Å². The second-order valence-electron chi connectivity index (χ2n) is 6.81. The number of morpholine rings is 1. The molecule has 3 rings (SSSR count). The second kappa shape index (κ2) is 8.92. The van der Waals surface area contributed by atoms with Gasteiger partial charge in [-0.2, -0.15) is 4.98 Å². The minimum Gasteiger partial charge on any atom is -0.374 e. The number of rotatable bonds is 7. The highest BCUT2D eigenvalue weighted by Gasteiger charge is 2.21. The third kappa shape index (κ3) is 5.01. The quantitative estimate of drug-likeness (QED) is 0.739. The maximum absolute atomic E-state index is 12.3. The average molecular weight is 374 g/mol. The molecule has 1 aliphatic rings. The third-order valence-corrected chi connectivity index (χ3v) is 4.35. The van der Waals surface area contributed by atoms with Crippen LogP contribution >= 0.6 is 0 Å². The maximum atomic E-state index is 12.3. The SMILES string of the molecule is CC(C)c1nc(CNC(=O)c2ccc(N3CCOC(CCN)C3)nc2)no1. The predicted octanol–water partition coefficient (Wildman–Crippen LogP) is 1.07. The van der Waals surface area contributed by atoms with Crippen LogP contribution in [-0.4, -0.2) is 53.4 Å². The van der Waals surface area contributed by atoms with E-state index in [0.717, 1.165) is 25.3 Å². The van der Waals surface area contributed by atoms with Gasteiger partial charge in [0.25, 0.3) is 5.91 Å². The zero-order chi connectivity index (χ0) is 19.2. The van der Waals surface area contributed by atoms with E-state index in [4.69, 9.17) is 15.0 Å². The Balaban J connectivity index is 1.55. The molecule has 27 heavy (non-hydrogen) atoms. The van der Waals surface area contributed by atoms with Crippen LogP contribution in [0, 0.1) is 0 Å². The molecule has 2 aromatic rings. The van der Waals surface area contributed by atoms with Crippen LogP contribution in [0.2, 0.25) is 0 Å². The number of ether oxygens (including phenoxy) is 1. The van der Waals surface area contributed by atoms with Gasteiger partial charge in [-0.1, -0.05) is 19.0 Å². The molecule has 1 unspecified atom stereocenters. The van der Waals surface area contributed by atoms with E-state index in [1.165, 1.54) is 0 Å². The number of aromatic nitrogens is 3. The topological polar surface area (TPSA) is 119 Å². The summed E-state index contributed by atoms with van der Waals surface area (Å²) in [5, 5.41) is 6.64. The first kappa shape index (κ1) is 19.2. The molecule has 1 atom stereocenters. The summed E-state index contributed by atoms with van der Waals surface area (Å²) in [6.07, 6.45) is 2.53. The Morgan fingerprint density at radius 3 is 2.96 bits per heavy atom. The lowest BCUT2D eigenvalue weighted by Crippen LogP contribution is -2.43. The molecule has 9 nitrogen and oxygen atoms in total. The van der Waals surface area contributed by atoms with E-state index < -0.39 is 0 Å². The summed E-state index contributed by atoms with van der Waals surface area (Å²) in [7, 11) is 0. The summed E-state index contributed by atoms with van der Waals surface area (Å²) in [6, 6.07) is 3.62. The highest BCUT2D eigenvalue weighted by Crippen LogP contribution is 2.17. The fraction of sp³-hybridized carbons (Fsp3) is 0.556. The molecule has 0 radical (unpaired) electrons. The molecular weight excluding hydrogens is 348 g/mol. The molecular formula is C18H26N6O3. The fourth-order valence-corrected chi connectivity index (χ4v) is 2.83. The minimum absolute atomic E-state index is 0.124. The van der Waals surface area contributed by atoms with Crippen molar-refractivity contribution in [1.29, 1.82) is 0 Å². The normalized spacial score (nSPS) is 17.3. The third-order valence-electron chi connectivity index (χ3n) is 4.35. The Kier molecular flexibility index (Phi) is 6.36. The van der Waals surface area contributed by atoms with E-state index in [2.05, 4.69) is 25.3 Å². The van der Waals surface area contributed by atoms with Crippen LogP contribution in [0.3, 0.4) is 0 Å². The van der Waals surface area contributed by atoms with Crippen LogP contribution in [0.1, 0.15) is 48.3 Å². The molecule has 0 bridgehead atoms. The van der Waals surface area contributed by atoms with Gasteiger partial charge < -0.3 is 25.2 Å². The summed E-state index contributed by atoms with van der Waals surface area (Å²) in [4.78, 5) is 23.1. The lowest BCUT2D eigenvalue weighted by molar-refractivity contribution is 0.0366. The first-order valence-electron chi connectivity index (χ1n) is 9.20. The van der Waals surface area contributed by atoms with Gasteiger partial charge in [-0.3, -0.25) is 4.79 Å². The molecule has 146 valence electrons. The predicted molar refractivity (Wildman–Crippen MR) is 99.4 cm³/mol. The Morgan fingerprint density at radius 2 is 2.30 bits per heavy atom. The van der Waals surface area contributed by atoms with Crippen molar-refractivity contribution in [2.75, 3.05) is 31.1 Å². The Bertz CT molecular complexity index is 744. The van der Waals surface area contributed by atoms with Crippen molar-refractivity contribution in [3.8, 4) is 0 Å².